The summed E-state index contributed by atoms with van der Waals surface area (Å²) in [6.07, 6.45) is 0. The summed E-state index contributed by atoms with van der Waals surface area (Å²) >= 11 is 1.37. The Bertz CT molecular complexity index is 1370. The lowest BCUT2D eigenvalue weighted by molar-refractivity contribution is 0.0945. The van der Waals surface area contributed by atoms with Crippen molar-refractivity contribution in [2.45, 2.75) is 31.3 Å². The zero-order chi connectivity index (χ0) is 24.4. The molecule has 9 nitrogen and oxygen atoms in total. The predicted octanol–water partition coefficient (Wildman–Crippen LogP) is 3.76. The van der Waals surface area contributed by atoms with Gasteiger partial charge >= 0.3 is 0 Å². The number of fused-ring (bicyclic) bond motifs is 1. The minimum absolute atomic E-state index is 0.173. The van der Waals surface area contributed by atoms with Crippen molar-refractivity contribution in [3.63, 3.8) is 0 Å². The number of thioether (sulfide) groups is 1. The molecule has 1 N–H and O–H groups in total. The van der Waals surface area contributed by atoms with Gasteiger partial charge in [0.2, 0.25) is 6.79 Å². The Hall–Kier alpha value is -3.99. The molecule has 0 saturated heterocycles. The van der Waals surface area contributed by atoms with Crippen molar-refractivity contribution >= 4 is 17.7 Å². The number of nitrogens with one attached hydrogen (secondary N) is 1. The number of carbonyl (C=O) groups excluding carboxylic acids is 1. The second-order valence-electron chi connectivity index (χ2n) is 7.87. The number of aromatic nitrogens is 5. The summed E-state index contributed by atoms with van der Waals surface area (Å²) in [7, 11) is 0. The van der Waals surface area contributed by atoms with Gasteiger partial charge in [0.15, 0.2) is 22.3 Å². The quantitative estimate of drug-likeness (QED) is 0.307. The van der Waals surface area contributed by atoms with E-state index in [1.165, 1.54) is 28.6 Å². The molecule has 1 aliphatic heterocycles. The average molecular weight is 493 g/mol. The van der Waals surface area contributed by atoms with Crippen LogP contribution in [0.5, 0.6) is 11.5 Å². The highest BCUT2D eigenvalue weighted by molar-refractivity contribution is 7.98. The van der Waals surface area contributed by atoms with Crippen LogP contribution >= 0.6 is 11.8 Å². The van der Waals surface area contributed by atoms with Crippen molar-refractivity contribution in [1.29, 1.82) is 0 Å². The largest absolute Gasteiger partial charge is 0.454 e. The van der Waals surface area contributed by atoms with Crippen LogP contribution in [0.3, 0.4) is 0 Å². The number of carbonyl (C=O) groups is 1. The molecule has 0 unspecified atom stereocenters. The van der Waals surface area contributed by atoms with E-state index in [4.69, 9.17) is 9.47 Å². The van der Waals surface area contributed by atoms with Gasteiger partial charge in [-0.15, -0.1) is 5.10 Å². The molecule has 0 aliphatic carbocycles. The highest BCUT2D eigenvalue weighted by atomic mass is 32.2. The molecule has 1 aliphatic rings. The van der Waals surface area contributed by atoms with Gasteiger partial charge in [0.1, 0.15) is 5.82 Å². The van der Waals surface area contributed by atoms with Gasteiger partial charge < -0.3 is 14.8 Å². The third-order valence-electron chi connectivity index (χ3n) is 5.24. The number of rotatable bonds is 7. The predicted molar refractivity (Wildman–Crippen MR) is 126 cm³/mol. The highest BCUT2D eigenvalue weighted by Gasteiger charge is 2.22. The Morgan fingerprint density at radius 3 is 2.57 bits per heavy atom. The highest BCUT2D eigenvalue weighted by Crippen LogP contribution is 2.32. The summed E-state index contributed by atoms with van der Waals surface area (Å²) in [5, 5.41) is 11.8. The number of hydrogen-bond acceptors (Lipinski definition) is 8. The number of nitrogens with zero attached hydrogens (tertiary/aromatic N) is 5. The minimum atomic E-state index is -0.382. The van der Waals surface area contributed by atoms with E-state index in [9.17, 15) is 9.18 Å². The molecule has 0 spiro atoms. The van der Waals surface area contributed by atoms with Crippen molar-refractivity contribution in [2.75, 3.05) is 6.79 Å². The molecule has 0 saturated carbocycles. The van der Waals surface area contributed by atoms with Gasteiger partial charge in [-0.3, -0.25) is 4.79 Å². The van der Waals surface area contributed by atoms with Crippen LogP contribution in [0.15, 0.2) is 53.7 Å². The first-order valence-electron chi connectivity index (χ1n) is 10.8. The fourth-order valence-corrected chi connectivity index (χ4v) is 4.55. The summed E-state index contributed by atoms with van der Waals surface area (Å²) in [6, 6.07) is 13.2. The fourth-order valence-electron chi connectivity index (χ4n) is 3.61. The van der Waals surface area contributed by atoms with Crippen LogP contribution in [0.25, 0.3) is 5.69 Å². The Morgan fingerprint density at radius 2 is 1.80 bits per heavy atom. The van der Waals surface area contributed by atoms with Crippen LogP contribution in [-0.2, 0) is 12.3 Å². The lowest BCUT2D eigenvalue weighted by Crippen LogP contribution is -2.24. The average Bonchev–Trinajstić information content (AvgIpc) is 3.48. The van der Waals surface area contributed by atoms with Crippen LogP contribution in [0.1, 0.15) is 33.1 Å². The smallest absolute Gasteiger partial charge is 0.274 e. The number of halogens is 1. The first-order chi connectivity index (χ1) is 17.0. The van der Waals surface area contributed by atoms with E-state index in [-0.39, 0.29) is 30.8 Å². The third kappa shape index (κ3) is 5.09. The molecule has 11 heteroatoms. The maximum Gasteiger partial charge on any atom is 0.274 e. The summed E-state index contributed by atoms with van der Waals surface area (Å²) < 4.78 is 25.7. The molecule has 0 atom stereocenters. The van der Waals surface area contributed by atoms with E-state index in [0.717, 1.165) is 17.0 Å². The first-order valence-corrected chi connectivity index (χ1v) is 11.8. The van der Waals surface area contributed by atoms with Crippen molar-refractivity contribution < 1.29 is 18.7 Å². The molecule has 3 heterocycles. The van der Waals surface area contributed by atoms with E-state index in [1.807, 2.05) is 32.0 Å². The van der Waals surface area contributed by atoms with E-state index in [0.29, 0.717) is 33.8 Å². The third-order valence-corrected chi connectivity index (χ3v) is 6.10. The monoisotopic (exact) mass is 492 g/mol. The second-order valence-corrected chi connectivity index (χ2v) is 8.81. The summed E-state index contributed by atoms with van der Waals surface area (Å²) in [5.74, 6) is 0.905. The fraction of sp³-hybridized carbons (Fsp3) is 0.208. The maximum absolute atomic E-state index is 13.5. The van der Waals surface area contributed by atoms with Gasteiger partial charge in [-0.2, -0.15) is 0 Å². The Labute approximate surface area is 204 Å². The summed E-state index contributed by atoms with van der Waals surface area (Å²) in [6.45, 7) is 4.25. The summed E-state index contributed by atoms with van der Waals surface area (Å²) in [5.41, 5.74) is 3.87. The van der Waals surface area contributed by atoms with Gasteiger partial charge in [0.05, 0.1) is 11.4 Å². The van der Waals surface area contributed by atoms with E-state index in [2.05, 4.69) is 25.6 Å². The van der Waals surface area contributed by atoms with Crippen molar-refractivity contribution in [1.82, 2.24) is 30.3 Å². The van der Waals surface area contributed by atoms with Gasteiger partial charge in [0, 0.05) is 23.7 Å². The van der Waals surface area contributed by atoms with E-state index in [1.54, 1.807) is 18.2 Å². The molecule has 178 valence electrons. The van der Waals surface area contributed by atoms with Crippen molar-refractivity contribution in [2.24, 2.45) is 0 Å². The molecule has 0 radical (unpaired) electrons. The zero-order valence-corrected chi connectivity index (χ0v) is 19.8. The molecule has 4 aromatic rings. The van der Waals surface area contributed by atoms with Crippen LogP contribution < -0.4 is 14.8 Å². The molecule has 5 rings (SSSR count). The number of hydrogen-bond donors (Lipinski definition) is 1. The van der Waals surface area contributed by atoms with Crippen LogP contribution in [0.4, 0.5) is 4.39 Å². The van der Waals surface area contributed by atoms with Crippen LogP contribution in [0.2, 0.25) is 0 Å². The molecule has 0 bridgehead atoms. The van der Waals surface area contributed by atoms with Gasteiger partial charge in [-0.1, -0.05) is 23.0 Å². The number of benzene rings is 2. The molecule has 2 aromatic heterocycles. The zero-order valence-electron chi connectivity index (χ0n) is 19.0. The van der Waals surface area contributed by atoms with Gasteiger partial charge in [-0.05, 0) is 61.9 Å². The lowest BCUT2D eigenvalue weighted by atomic mass is 10.2. The SMILES string of the molecule is Cc1cc(C)nc(SCc2c(C(=O)NCc3ccc4c(c3)OCO4)nnn2-c2ccc(F)cc2)n1. The maximum atomic E-state index is 13.5. The normalized spacial score (nSPS) is 12.1. The number of ether oxygens (including phenoxy) is 2. The lowest BCUT2D eigenvalue weighted by Gasteiger charge is -2.09. The number of amides is 1. The van der Waals surface area contributed by atoms with E-state index < -0.39 is 0 Å². The van der Waals surface area contributed by atoms with Crippen molar-refractivity contribution in [3.8, 4) is 17.2 Å². The van der Waals surface area contributed by atoms with Crippen molar-refractivity contribution in [3.05, 3.63) is 82.7 Å². The molecule has 1 amide bonds. The minimum Gasteiger partial charge on any atom is -0.454 e. The standard InChI is InChI=1S/C24H21FN6O3S/c1-14-9-15(2)28-24(27-14)35-12-19-22(29-30-31(19)18-6-4-17(25)5-7-18)23(32)26-11-16-3-8-20-21(10-16)34-13-33-20/h3-10H,11-13H2,1-2H3,(H,26,32). The second kappa shape index (κ2) is 9.71. The van der Waals surface area contributed by atoms with Crippen LogP contribution in [-0.4, -0.2) is 37.7 Å². The topological polar surface area (TPSA) is 104 Å². The van der Waals surface area contributed by atoms with E-state index >= 15 is 0 Å². The molecular weight excluding hydrogens is 471 g/mol. The van der Waals surface area contributed by atoms with Gasteiger partial charge in [-0.25, -0.2) is 19.0 Å². The summed E-state index contributed by atoms with van der Waals surface area (Å²) in [4.78, 5) is 22.0. The number of aryl methyl sites for hydroxylation is 2. The Morgan fingerprint density at radius 1 is 1.06 bits per heavy atom. The Balaban J connectivity index is 1.39. The van der Waals surface area contributed by atoms with Crippen LogP contribution in [0, 0.1) is 19.7 Å². The molecule has 2 aromatic carbocycles. The first kappa shape index (κ1) is 22.8. The molecule has 35 heavy (non-hydrogen) atoms. The molecule has 0 fully saturated rings. The van der Waals surface area contributed by atoms with Gasteiger partial charge in [0.25, 0.3) is 5.91 Å². The Kier molecular flexibility index (Phi) is 6.32. The molecular formula is C24H21FN6O3S.